The molecule has 76 valence electrons. The van der Waals surface area contributed by atoms with Crippen molar-refractivity contribution in [2.75, 3.05) is 20.1 Å². The van der Waals surface area contributed by atoms with Gasteiger partial charge in [-0.25, -0.2) is 8.78 Å². The summed E-state index contributed by atoms with van der Waals surface area (Å²) in [6, 6.07) is 0. The van der Waals surface area contributed by atoms with E-state index in [1.54, 1.807) is 7.05 Å². The van der Waals surface area contributed by atoms with E-state index in [2.05, 4.69) is 0 Å². The first-order valence-corrected chi connectivity index (χ1v) is 4.09. The van der Waals surface area contributed by atoms with E-state index in [0.717, 1.165) is 6.92 Å². The molecule has 0 amide bonds. The number of hydrogen-bond acceptors (Lipinski definition) is 2. The van der Waals surface area contributed by atoms with Gasteiger partial charge in [-0.3, -0.25) is 4.79 Å². The Bertz CT molecular complexity index is 232. The molecule has 0 spiro atoms. The number of likely N-dealkylation sites (tertiary alicyclic amines) is 1. The van der Waals surface area contributed by atoms with Crippen LogP contribution < -0.4 is 0 Å². The maximum atomic E-state index is 13.3. The predicted octanol–water partition coefficient (Wildman–Crippen LogP) is 1.05. The Kier molecular flexibility index (Phi) is 2.32. The fraction of sp³-hybridized carbons (Fsp3) is 0.875. The van der Waals surface area contributed by atoms with Crippen molar-refractivity contribution in [3.05, 3.63) is 0 Å². The molecule has 1 saturated heterocycles. The topological polar surface area (TPSA) is 40.5 Å². The van der Waals surface area contributed by atoms with Gasteiger partial charge in [0.15, 0.2) is 0 Å². The van der Waals surface area contributed by atoms with Crippen LogP contribution in [0, 0.1) is 5.41 Å². The summed E-state index contributed by atoms with van der Waals surface area (Å²) in [4.78, 5) is 12.1. The van der Waals surface area contributed by atoms with Crippen molar-refractivity contribution in [2.45, 2.75) is 19.3 Å². The number of alkyl halides is 2. The molecule has 1 aliphatic rings. The van der Waals surface area contributed by atoms with Crippen LogP contribution in [0.1, 0.15) is 13.3 Å². The van der Waals surface area contributed by atoms with Gasteiger partial charge in [-0.2, -0.15) is 0 Å². The lowest BCUT2D eigenvalue weighted by molar-refractivity contribution is -0.191. The van der Waals surface area contributed by atoms with Crippen molar-refractivity contribution in [1.82, 2.24) is 4.90 Å². The zero-order chi connectivity index (χ0) is 10.3. The Labute approximate surface area is 75.3 Å². The van der Waals surface area contributed by atoms with E-state index in [-0.39, 0.29) is 6.42 Å². The molecule has 0 aromatic carbocycles. The molecule has 0 radical (unpaired) electrons. The lowest BCUT2D eigenvalue weighted by Gasteiger charge is -2.41. The van der Waals surface area contributed by atoms with Crippen LogP contribution in [0.5, 0.6) is 0 Å². The Morgan fingerprint density at radius 2 is 2.08 bits per heavy atom. The molecule has 1 atom stereocenters. The standard InChI is InChI=1S/C8H13F2NO2/c1-7(6(12)13)3-4-11(2)5-8(7,9)10/h3-5H2,1-2H3,(H,12,13). The van der Waals surface area contributed by atoms with Gasteiger partial charge in [0.05, 0.1) is 6.54 Å². The normalized spacial score (nSPS) is 34.5. The van der Waals surface area contributed by atoms with E-state index in [0.29, 0.717) is 6.54 Å². The molecule has 1 fully saturated rings. The molecular formula is C8H13F2NO2. The van der Waals surface area contributed by atoms with Crippen molar-refractivity contribution in [1.29, 1.82) is 0 Å². The van der Waals surface area contributed by atoms with Crippen molar-refractivity contribution in [2.24, 2.45) is 5.41 Å². The van der Waals surface area contributed by atoms with E-state index >= 15 is 0 Å². The first kappa shape index (κ1) is 10.4. The largest absolute Gasteiger partial charge is 0.481 e. The first-order valence-electron chi connectivity index (χ1n) is 4.09. The summed E-state index contributed by atoms with van der Waals surface area (Å²) >= 11 is 0. The number of piperidine rings is 1. The zero-order valence-electron chi connectivity index (χ0n) is 7.68. The quantitative estimate of drug-likeness (QED) is 0.676. The summed E-state index contributed by atoms with van der Waals surface area (Å²) in [6.45, 7) is 1.04. The highest BCUT2D eigenvalue weighted by Crippen LogP contribution is 2.43. The Balaban J connectivity index is 2.92. The van der Waals surface area contributed by atoms with Gasteiger partial charge in [-0.05, 0) is 26.9 Å². The Hall–Kier alpha value is -0.710. The van der Waals surface area contributed by atoms with Crippen LogP contribution in [-0.2, 0) is 4.79 Å². The monoisotopic (exact) mass is 193 g/mol. The molecule has 5 heteroatoms. The smallest absolute Gasteiger partial charge is 0.315 e. The number of rotatable bonds is 1. The molecule has 1 aliphatic heterocycles. The van der Waals surface area contributed by atoms with Crippen LogP contribution in [0.25, 0.3) is 0 Å². The minimum absolute atomic E-state index is 0.00810. The van der Waals surface area contributed by atoms with Crippen molar-refractivity contribution < 1.29 is 18.7 Å². The van der Waals surface area contributed by atoms with Crippen molar-refractivity contribution in [3.8, 4) is 0 Å². The Morgan fingerprint density at radius 3 is 2.46 bits per heavy atom. The van der Waals surface area contributed by atoms with Crippen LogP contribution in [0.2, 0.25) is 0 Å². The van der Waals surface area contributed by atoms with Gasteiger partial charge in [-0.15, -0.1) is 0 Å². The molecule has 0 bridgehead atoms. The maximum Gasteiger partial charge on any atom is 0.315 e. The van der Waals surface area contributed by atoms with E-state index in [1.807, 2.05) is 0 Å². The molecule has 1 heterocycles. The molecule has 13 heavy (non-hydrogen) atoms. The molecule has 0 aromatic rings. The number of halogens is 2. The summed E-state index contributed by atoms with van der Waals surface area (Å²) < 4.78 is 26.7. The lowest BCUT2D eigenvalue weighted by Crippen LogP contribution is -2.56. The second-order valence-electron chi connectivity index (χ2n) is 3.83. The number of carboxylic acid groups (broad SMARTS) is 1. The number of aliphatic carboxylic acids is 1. The maximum absolute atomic E-state index is 13.3. The lowest BCUT2D eigenvalue weighted by atomic mass is 9.77. The SMILES string of the molecule is CN1CCC(C)(C(=O)O)C(F)(F)C1. The van der Waals surface area contributed by atoms with Crippen LogP contribution >= 0.6 is 0 Å². The second-order valence-corrected chi connectivity index (χ2v) is 3.83. The summed E-state index contributed by atoms with van der Waals surface area (Å²) in [7, 11) is 1.56. The number of hydrogen-bond donors (Lipinski definition) is 1. The van der Waals surface area contributed by atoms with E-state index in [1.165, 1.54) is 4.90 Å². The zero-order valence-corrected chi connectivity index (χ0v) is 7.68. The minimum atomic E-state index is -3.15. The van der Waals surface area contributed by atoms with Crippen LogP contribution in [0.15, 0.2) is 0 Å². The van der Waals surface area contributed by atoms with Crippen LogP contribution in [-0.4, -0.2) is 42.0 Å². The van der Waals surface area contributed by atoms with Gasteiger partial charge in [0, 0.05) is 0 Å². The third-order valence-corrected chi connectivity index (χ3v) is 2.74. The molecule has 0 aromatic heterocycles. The average Bonchev–Trinajstić information content (AvgIpc) is 1.96. The molecule has 1 N–H and O–H groups in total. The Morgan fingerprint density at radius 1 is 1.54 bits per heavy atom. The van der Waals surface area contributed by atoms with Gasteiger partial charge in [0.1, 0.15) is 5.41 Å². The molecule has 1 rings (SSSR count). The van der Waals surface area contributed by atoms with Gasteiger partial charge >= 0.3 is 5.97 Å². The van der Waals surface area contributed by atoms with E-state index < -0.39 is 23.9 Å². The van der Waals surface area contributed by atoms with Crippen molar-refractivity contribution >= 4 is 5.97 Å². The van der Waals surface area contributed by atoms with Gasteiger partial charge < -0.3 is 10.0 Å². The highest BCUT2D eigenvalue weighted by atomic mass is 19.3. The third kappa shape index (κ3) is 1.52. The fourth-order valence-electron chi connectivity index (χ4n) is 1.45. The average molecular weight is 193 g/mol. The second kappa shape index (κ2) is 2.90. The molecule has 0 aliphatic carbocycles. The number of carboxylic acids is 1. The van der Waals surface area contributed by atoms with Crippen LogP contribution in [0.4, 0.5) is 8.78 Å². The fourth-order valence-corrected chi connectivity index (χ4v) is 1.45. The summed E-state index contributed by atoms with van der Waals surface area (Å²) in [5, 5.41) is 8.72. The molecule has 0 saturated carbocycles. The van der Waals surface area contributed by atoms with Crippen molar-refractivity contribution in [3.63, 3.8) is 0 Å². The number of nitrogens with zero attached hydrogens (tertiary/aromatic N) is 1. The first-order chi connectivity index (χ1) is 5.79. The predicted molar refractivity (Wildman–Crippen MR) is 42.8 cm³/mol. The number of carbonyl (C=O) groups is 1. The van der Waals surface area contributed by atoms with E-state index in [4.69, 9.17) is 5.11 Å². The minimum Gasteiger partial charge on any atom is -0.481 e. The molecule has 1 unspecified atom stereocenters. The van der Waals surface area contributed by atoms with Gasteiger partial charge in [0.25, 0.3) is 5.92 Å². The highest BCUT2D eigenvalue weighted by molar-refractivity contribution is 5.75. The third-order valence-electron chi connectivity index (χ3n) is 2.74. The summed E-state index contributed by atoms with van der Waals surface area (Å²) in [5.74, 6) is -4.56. The summed E-state index contributed by atoms with van der Waals surface area (Å²) in [6.07, 6.45) is -0.00810. The highest BCUT2D eigenvalue weighted by Gasteiger charge is 2.58. The molecular weight excluding hydrogens is 180 g/mol. The molecule has 3 nitrogen and oxygen atoms in total. The van der Waals surface area contributed by atoms with Crippen LogP contribution in [0.3, 0.4) is 0 Å². The van der Waals surface area contributed by atoms with Gasteiger partial charge in [-0.1, -0.05) is 0 Å². The van der Waals surface area contributed by atoms with Gasteiger partial charge in [0.2, 0.25) is 0 Å². The van der Waals surface area contributed by atoms with E-state index in [9.17, 15) is 13.6 Å². The summed E-state index contributed by atoms with van der Waals surface area (Å²) in [5.41, 5.74) is -1.90.